The fourth-order valence-electron chi connectivity index (χ4n) is 2.64. The Hall–Kier alpha value is -1.13. The van der Waals surface area contributed by atoms with Crippen LogP contribution < -0.4 is 0 Å². The Balaban J connectivity index is 2.99. The monoisotopic (exact) mass is 315 g/mol. The van der Waals surface area contributed by atoms with Crippen LogP contribution in [-0.2, 0) is 4.79 Å². The number of nitrogens with zero attached hydrogens (tertiary/aromatic N) is 1. The van der Waals surface area contributed by atoms with E-state index in [1.54, 1.807) is 0 Å². The van der Waals surface area contributed by atoms with E-state index in [9.17, 15) is 14.9 Å². The molecule has 0 bridgehead atoms. The normalized spacial score (nSPS) is 10.7. The van der Waals surface area contributed by atoms with E-state index in [2.05, 4.69) is 0 Å². The molecule has 130 valence electrons. The minimum absolute atomic E-state index is 0.121. The van der Waals surface area contributed by atoms with Crippen molar-refractivity contribution in [3.05, 3.63) is 10.1 Å². The van der Waals surface area contributed by atoms with Crippen molar-refractivity contribution in [3.8, 4) is 0 Å². The number of aliphatic carboxylic acids is 1. The maximum absolute atomic E-state index is 10.3. The Morgan fingerprint density at radius 1 is 0.682 bits per heavy atom. The van der Waals surface area contributed by atoms with Crippen LogP contribution >= 0.6 is 0 Å². The number of hydrogen-bond acceptors (Lipinski definition) is 3. The fraction of sp³-hybridized carbons (Fsp3) is 0.941. The van der Waals surface area contributed by atoms with Gasteiger partial charge in [-0.1, -0.05) is 70.6 Å². The van der Waals surface area contributed by atoms with Gasteiger partial charge < -0.3 is 5.11 Å². The molecule has 0 heterocycles. The predicted molar refractivity (Wildman–Crippen MR) is 88.8 cm³/mol. The van der Waals surface area contributed by atoms with Crippen LogP contribution in [0.15, 0.2) is 0 Å². The van der Waals surface area contributed by atoms with E-state index in [0.717, 1.165) is 38.5 Å². The lowest BCUT2D eigenvalue weighted by Gasteiger charge is -2.03. The summed E-state index contributed by atoms with van der Waals surface area (Å²) in [5.41, 5.74) is 0. The number of hydrogen-bond donors (Lipinski definition) is 1. The van der Waals surface area contributed by atoms with E-state index in [-0.39, 0.29) is 11.5 Å². The van der Waals surface area contributed by atoms with E-state index in [1.165, 1.54) is 51.4 Å². The van der Waals surface area contributed by atoms with Gasteiger partial charge in [0.15, 0.2) is 0 Å². The topological polar surface area (TPSA) is 80.4 Å². The predicted octanol–water partition coefficient (Wildman–Crippen LogP) is 5.20. The number of carboxylic acids is 1. The molecule has 0 amide bonds. The number of nitro groups is 1. The summed E-state index contributed by atoms with van der Waals surface area (Å²) in [4.78, 5) is 20.2. The minimum atomic E-state index is -0.683. The summed E-state index contributed by atoms with van der Waals surface area (Å²) in [7, 11) is 0. The average Bonchev–Trinajstić information content (AvgIpc) is 2.46. The number of unbranched alkanes of at least 4 members (excludes halogenated alkanes) is 13. The summed E-state index contributed by atoms with van der Waals surface area (Å²) in [5, 5.41) is 18.7. The Bertz CT molecular complexity index is 254. The highest BCUT2D eigenvalue weighted by atomic mass is 16.6. The molecule has 0 aromatic heterocycles. The van der Waals surface area contributed by atoms with Gasteiger partial charge in [0.1, 0.15) is 0 Å². The number of carboxylic acid groups (broad SMARTS) is 1. The second-order valence-corrected chi connectivity index (χ2v) is 6.15. The Morgan fingerprint density at radius 3 is 1.32 bits per heavy atom. The molecule has 0 fully saturated rings. The standard InChI is InChI=1S/C17H33NO4/c19-17(20)15-13-11-9-7-5-3-1-2-4-6-8-10-12-14-16-18(21)22/h1-16H2,(H,19,20). The minimum Gasteiger partial charge on any atom is -0.481 e. The molecule has 0 spiro atoms. The lowest BCUT2D eigenvalue weighted by Crippen LogP contribution is -1.99. The molecule has 0 radical (unpaired) electrons. The first kappa shape index (κ1) is 20.9. The Kier molecular flexibility index (Phi) is 15.4. The number of carbonyl (C=O) groups is 1. The van der Waals surface area contributed by atoms with E-state index in [0.29, 0.717) is 6.42 Å². The van der Waals surface area contributed by atoms with E-state index in [1.807, 2.05) is 0 Å². The third kappa shape index (κ3) is 18.9. The summed E-state index contributed by atoms with van der Waals surface area (Å²) in [6, 6.07) is 0. The van der Waals surface area contributed by atoms with Crippen molar-refractivity contribution in [1.29, 1.82) is 0 Å². The van der Waals surface area contributed by atoms with Gasteiger partial charge in [0.25, 0.3) is 0 Å². The zero-order chi connectivity index (χ0) is 16.5. The molecule has 1 N–H and O–H groups in total. The van der Waals surface area contributed by atoms with Gasteiger partial charge in [0, 0.05) is 17.8 Å². The second kappa shape index (κ2) is 16.2. The first-order chi connectivity index (χ1) is 10.6. The lowest BCUT2D eigenvalue weighted by molar-refractivity contribution is -0.480. The highest BCUT2D eigenvalue weighted by Gasteiger charge is 1.98. The summed E-state index contributed by atoms with van der Waals surface area (Å²) >= 11 is 0. The van der Waals surface area contributed by atoms with Crippen LogP contribution in [-0.4, -0.2) is 22.5 Å². The molecule has 5 nitrogen and oxygen atoms in total. The molecule has 0 rings (SSSR count). The summed E-state index contributed by atoms with van der Waals surface area (Å²) in [6.45, 7) is 0.121. The van der Waals surface area contributed by atoms with Crippen molar-refractivity contribution in [3.63, 3.8) is 0 Å². The molecule has 22 heavy (non-hydrogen) atoms. The van der Waals surface area contributed by atoms with Crippen molar-refractivity contribution < 1.29 is 14.8 Å². The van der Waals surface area contributed by atoms with Gasteiger partial charge in [0.2, 0.25) is 6.54 Å². The van der Waals surface area contributed by atoms with Crippen molar-refractivity contribution in [1.82, 2.24) is 0 Å². The van der Waals surface area contributed by atoms with Crippen LogP contribution in [0, 0.1) is 10.1 Å². The van der Waals surface area contributed by atoms with Gasteiger partial charge >= 0.3 is 5.97 Å². The van der Waals surface area contributed by atoms with Crippen LogP contribution in [0.3, 0.4) is 0 Å². The van der Waals surface area contributed by atoms with E-state index >= 15 is 0 Å². The Morgan fingerprint density at radius 2 is 1.00 bits per heavy atom. The SMILES string of the molecule is O=C(O)CCCCCCCCCCCCCCCC[N+](=O)[O-]. The smallest absolute Gasteiger partial charge is 0.303 e. The van der Waals surface area contributed by atoms with Crippen LogP contribution in [0.5, 0.6) is 0 Å². The third-order valence-corrected chi connectivity index (χ3v) is 3.98. The molecule has 0 aliphatic heterocycles. The molecule has 0 aromatic rings. The summed E-state index contributed by atoms with van der Waals surface area (Å²) < 4.78 is 0. The molecule has 0 aromatic carbocycles. The molecule has 0 saturated carbocycles. The van der Waals surface area contributed by atoms with Crippen molar-refractivity contribution in [2.45, 2.75) is 96.3 Å². The summed E-state index contributed by atoms with van der Waals surface area (Å²) in [5.74, 6) is -0.683. The molecular formula is C17H33NO4. The van der Waals surface area contributed by atoms with Crippen LogP contribution in [0.4, 0.5) is 0 Å². The highest BCUT2D eigenvalue weighted by molar-refractivity contribution is 5.66. The zero-order valence-corrected chi connectivity index (χ0v) is 13.9. The van der Waals surface area contributed by atoms with Crippen LogP contribution in [0.25, 0.3) is 0 Å². The van der Waals surface area contributed by atoms with E-state index in [4.69, 9.17) is 5.11 Å². The van der Waals surface area contributed by atoms with Crippen LogP contribution in [0.1, 0.15) is 96.3 Å². The zero-order valence-electron chi connectivity index (χ0n) is 13.9. The van der Waals surface area contributed by atoms with Gasteiger partial charge in [-0.2, -0.15) is 0 Å². The highest BCUT2D eigenvalue weighted by Crippen LogP contribution is 2.13. The van der Waals surface area contributed by atoms with Crippen molar-refractivity contribution in [2.75, 3.05) is 6.54 Å². The molecule has 0 aliphatic carbocycles. The summed E-state index contributed by atoms with van der Waals surface area (Å²) in [6.07, 6.45) is 16.3. The van der Waals surface area contributed by atoms with Crippen molar-refractivity contribution in [2.24, 2.45) is 0 Å². The average molecular weight is 315 g/mol. The number of rotatable bonds is 17. The Labute approximate surface area is 134 Å². The maximum atomic E-state index is 10.3. The van der Waals surface area contributed by atoms with Gasteiger partial charge in [-0.15, -0.1) is 0 Å². The van der Waals surface area contributed by atoms with E-state index < -0.39 is 5.97 Å². The molecular weight excluding hydrogens is 282 g/mol. The lowest BCUT2D eigenvalue weighted by atomic mass is 10.0. The van der Waals surface area contributed by atoms with Gasteiger partial charge in [-0.25, -0.2) is 0 Å². The molecule has 0 aliphatic rings. The largest absolute Gasteiger partial charge is 0.481 e. The molecule has 0 atom stereocenters. The van der Waals surface area contributed by atoms with Crippen molar-refractivity contribution >= 4 is 5.97 Å². The quantitative estimate of drug-likeness (QED) is 0.227. The first-order valence-electron chi connectivity index (χ1n) is 8.96. The van der Waals surface area contributed by atoms with Gasteiger partial charge in [-0.05, 0) is 12.8 Å². The second-order valence-electron chi connectivity index (χ2n) is 6.15. The van der Waals surface area contributed by atoms with Gasteiger partial charge in [-0.3, -0.25) is 14.9 Å². The van der Waals surface area contributed by atoms with Crippen LogP contribution in [0.2, 0.25) is 0 Å². The third-order valence-electron chi connectivity index (χ3n) is 3.98. The maximum Gasteiger partial charge on any atom is 0.303 e. The fourth-order valence-corrected chi connectivity index (χ4v) is 2.64. The molecule has 5 heteroatoms. The van der Waals surface area contributed by atoms with Gasteiger partial charge in [0.05, 0.1) is 0 Å². The first-order valence-corrected chi connectivity index (χ1v) is 8.96. The molecule has 0 saturated heterocycles. The molecule has 0 unspecified atom stereocenters.